The smallest absolute Gasteiger partial charge is 0.349 e. The fraction of sp³-hybridized carbons (Fsp3) is 0. The Labute approximate surface area is 78.6 Å². The Balaban J connectivity index is 2.82. The number of carbonyl (C=O) groups excluding carboxylic acids is 2. The number of benzene rings is 1. The van der Waals surface area contributed by atoms with E-state index in [1.165, 1.54) is 6.07 Å². The summed E-state index contributed by atoms with van der Waals surface area (Å²) >= 11 is 0. The fourth-order valence-electron chi connectivity index (χ4n) is 1.31. The highest BCUT2D eigenvalue weighted by Crippen LogP contribution is 2.34. The number of esters is 2. The second kappa shape index (κ2) is 2.38. The molecule has 0 radical (unpaired) electrons. The zero-order valence-electron chi connectivity index (χ0n) is 7.03. The number of cyclic esters (lactones) is 2. The maximum Gasteiger partial charge on any atom is 0.349 e. The highest BCUT2D eigenvalue weighted by molar-refractivity contribution is 6.19. The lowest BCUT2D eigenvalue weighted by Crippen LogP contribution is -2.06. The normalized spacial score (nSPS) is 14.0. The molecule has 2 rings (SSSR count). The molecule has 1 aromatic carbocycles. The predicted molar refractivity (Wildman–Crippen MR) is 49.4 cm³/mol. The van der Waals surface area contributed by atoms with E-state index in [0.717, 1.165) is 0 Å². The average molecular weight is 193 g/mol. The molecule has 6 nitrogen and oxygen atoms in total. The summed E-state index contributed by atoms with van der Waals surface area (Å²) in [6, 6.07) is 1.29. The van der Waals surface area contributed by atoms with Gasteiger partial charge in [0.15, 0.2) is 0 Å². The van der Waals surface area contributed by atoms with Crippen molar-refractivity contribution in [2.24, 2.45) is 0 Å². The Hall–Kier alpha value is -2.24. The largest absolute Gasteiger partial charge is 0.397 e. The van der Waals surface area contributed by atoms with Gasteiger partial charge in [0.25, 0.3) is 0 Å². The van der Waals surface area contributed by atoms with Crippen molar-refractivity contribution in [2.75, 3.05) is 17.2 Å². The summed E-state index contributed by atoms with van der Waals surface area (Å²) in [6.07, 6.45) is 0. The molecule has 72 valence electrons. The number of fused-ring (bicyclic) bond motifs is 1. The minimum absolute atomic E-state index is 0.00157. The lowest BCUT2D eigenvalue weighted by atomic mass is 10.0. The Morgan fingerprint density at radius 3 is 2.29 bits per heavy atom. The molecule has 0 fully saturated rings. The molecule has 6 heteroatoms. The van der Waals surface area contributed by atoms with Crippen molar-refractivity contribution in [1.82, 2.24) is 0 Å². The SMILES string of the molecule is Nc1cc2c(c(N)c1N)C(=O)OC2=O. The standard InChI is InChI=1S/C8H7N3O3/c9-3-1-2-4(6(11)5(3)10)8(13)14-7(2)12/h1H,9-11H2. The first-order chi connectivity index (χ1) is 6.52. The Bertz CT molecular complexity index is 467. The van der Waals surface area contributed by atoms with Gasteiger partial charge in [0.05, 0.1) is 28.2 Å². The van der Waals surface area contributed by atoms with Gasteiger partial charge >= 0.3 is 11.9 Å². The molecule has 0 aromatic heterocycles. The second-order valence-corrected chi connectivity index (χ2v) is 2.89. The summed E-state index contributed by atoms with van der Waals surface area (Å²) in [7, 11) is 0. The minimum Gasteiger partial charge on any atom is -0.397 e. The Morgan fingerprint density at radius 2 is 1.64 bits per heavy atom. The molecule has 0 unspecified atom stereocenters. The van der Waals surface area contributed by atoms with Gasteiger partial charge in [0.2, 0.25) is 0 Å². The van der Waals surface area contributed by atoms with Crippen LogP contribution in [0.1, 0.15) is 20.7 Å². The van der Waals surface area contributed by atoms with Crippen LogP contribution in [0, 0.1) is 0 Å². The summed E-state index contributed by atoms with van der Waals surface area (Å²) in [5.74, 6) is -1.53. The summed E-state index contributed by atoms with van der Waals surface area (Å²) in [5.41, 5.74) is 16.8. The Kier molecular flexibility index (Phi) is 1.42. The van der Waals surface area contributed by atoms with Gasteiger partial charge in [-0.3, -0.25) is 0 Å². The van der Waals surface area contributed by atoms with Crippen molar-refractivity contribution in [2.45, 2.75) is 0 Å². The lowest BCUT2D eigenvalue weighted by Gasteiger charge is -2.05. The molecular formula is C8H7N3O3. The predicted octanol–water partition coefficient (Wildman–Crippen LogP) is -0.256. The van der Waals surface area contributed by atoms with E-state index in [4.69, 9.17) is 17.2 Å². The average Bonchev–Trinajstić information content (AvgIpc) is 2.38. The van der Waals surface area contributed by atoms with Crippen LogP contribution in [0.5, 0.6) is 0 Å². The quantitative estimate of drug-likeness (QED) is 0.296. The van der Waals surface area contributed by atoms with E-state index in [0.29, 0.717) is 0 Å². The minimum atomic E-state index is -0.783. The van der Waals surface area contributed by atoms with E-state index in [1.54, 1.807) is 0 Å². The topological polar surface area (TPSA) is 121 Å². The molecule has 1 heterocycles. The number of hydrogen-bond donors (Lipinski definition) is 3. The van der Waals surface area contributed by atoms with Gasteiger partial charge < -0.3 is 21.9 Å². The highest BCUT2D eigenvalue weighted by Gasteiger charge is 2.33. The summed E-state index contributed by atoms with van der Waals surface area (Å²) in [6.45, 7) is 0. The molecule has 6 N–H and O–H groups in total. The number of carbonyl (C=O) groups is 2. The number of nitrogens with two attached hydrogens (primary N) is 3. The van der Waals surface area contributed by atoms with Crippen molar-refractivity contribution in [3.8, 4) is 0 Å². The van der Waals surface area contributed by atoms with E-state index in [9.17, 15) is 9.59 Å². The van der Waals surface area contributed by atoms with Gasteiger partial charge in [-0.1, -0.05) is 0 Å². The van der Waals surface area contributed by atoms with Crippen molar-refractivity contribution in [3.05, 3.63) is 17.2 Å². The summed E-state index contributed by atoms with van der Waals surface area (Å²) < 4.78 is 4.35. The van der Waals surface area contributed by atoms with Crippen molar-refractivity contribution >= 4 is 29.0 Å². The molecule has 0 aliphatic carbocycles. The molecule has 0 amide bonds. The van der Waals surface area contributed by atoms with Crippen LogP contribution in [0.3, 0.4) is 0 Å². The number of hydrogen-bond acceptors (Lipinski definition) is 6. The molecule has 1 aromatic rings. The Morgan fingerprint density at radius 1 is 1.00 bits per heavy atom. The maximum absolute atomic E-state index is 11.1. The fourth-order valence-corrected chi connectivity index (χ4v) is 1.31. The monoisotopic (exact) mass is 193 g/mol. The first kappa shape index (κ1) is 8.36. The third kappa shape index (κ3) is 0.846. The summed E-state index contributed by atoms with van der Waals surface area (Å²) in [5, 5.41) is 0. The lowest BCUT2D eigenvalue weighted by molar-refractivity contribution is 0.0444. The number of rotatable bonds is 0. The molecular weight excluding hydrogens is 186 g/mol. The van der Waals surface area contributed by atoms with Crippen LogP contribution in [-0.2, 0) is 4.74 Å². The van der Waals surface area contributed by atoms with Crippen molar-refractivity contribution in [1.29, 1.82) is 0 Å². The molecule has 1 aliphatic rings. The summed E-state index contributed by atoms with van der Waals surface area (Å²) in [4.78, 5) is 22.2. The molecule has 0 saturated heterocycles. The number of ether oxygens (including phenoxy) is 1. The van der Waals surface area contributed by atoms with Crippen molar-refractivity contribution in [3.63, 3.8) is 0 Å². The molecule has 0 bridgehead atoms. The zero-order valence-corrected chi connectivity index (χ0v) is 7.03. The number of anilines is 3. The first-order valence-corrected chi connectivity index (χ1v) is 3.76. The highest BCUT2D eigenvalue weighted by atomic mass is 16.6. The van der Waals surface area contributed by atoms with Crippen LogP contribution in [0.25, 0.3) is 0 Å². The molecule has 0 atom stereocenters. The maximum atomic E-state index is 11.1. The van der Waals surface area contributed by atoms with Crippen LogP contribution < -0.4 is 17.2 Å². The van der Waals surface area contributed by atoms with Gasteiger partial charge in [0.1, 0.15) is 0 Å². The van der Waals surface area contributed by atoms with Gasteiger partial charge in [-0.25, -0.2) is 9.59 Å². The van der Waals surface area contributed by atoms with Crippen molar-refractivity contribution < 1.29 is 14.3 Å². The second-order valence-electron chi connectivity index (χ2n) is 2.89. The van der Waals surface area contributed by atoms with E-state index in [2.05, 4.69) is 4.74 Å². The van der Waals surface area contributed by atoms with E-state index < -0.39 is 11.9 Å². The van der Waals surface area contributed by atoms with Gasteiger partial charge in [0, 0.05) is 0 Å². The van der Waals surface area contributed by atoms with Gasteiger partial charge in [-0.2, -0.15) is 0 Å². The third-order valence-corrected chi connectivity index (χ3v) is 2.05. The molecule has 14 heavy (non-hydrogen) atoms. The molecule has 1 aliphatic heterocycles. The number of nitrogen functional groups attached to an aromatic ring is 3. The van der Waals surface area contributed by atoms with E-state index in [1.807, 2.05) is 0 Å². The van der Waals surface area contributed by atoms with Crippen LogP contribution >= 0.6 is 0 Å². The first-order valence-electron chi connectivity index (χ1n) is 3.76. The zero-order chi connectivity index (χ0) is 10.5. The van der Waals surface area contributed by atoms with Crippen LogP contribution in [0.4, 0.5) is 17.1 Å². The third-order valence-electron chi connectivity index (χ3n) is 2.05. The van der Waals surface area contributed by atoms with Crippen LogP contribution in [-0.4, -0.2) is 11.9 Å². The van der Waals surface area contributed by atoms with Crippen LogP contribution in [0.15, 0.2) is 6.07 Å². The van der Waals surface area contributed by atoms with E-state index in [-0.39, 0.29) is 28.2 Å². The van der Waals surface area contributed by atoms with Crippen LogP contribution in [0.2, 0.25) is 0 Å². The molecule has 0 saturated carbocycles. The van der Waals surface area contributed by atoms with E-state index >= 15 is 0 Å². The van der Waals surface area contributed by atoms with Gasteiger partial charge in [-0.05, 0) is 6.07 Å². The molecule has 0 spiro atoms. The van der Waals surface area contributed by atoms with Gasteiger partial charge in [-0.15, -0.1) is 0 Å².